The van der Waals surface area contributed by atoms with Gasteiger partial charge < -0.3 is 4.42 Å². The highest BCUT2D eigenvalue weighted by molar-refractivity contribution is 9.10. The molecule has 0 saturated heterocycles. The molecule has 3 rings (SSSR count). The lowest BCUT2D eigenvalue weighted by molar-refractivity contribution is 0.465. The van der Waals surface area contributed by atoms with Gasteiger partial charge in [-0.2, -0.15) is 0 Å². The van der Waals surface area contributed by atoms with Gasteiger partial charge in [0.2, 0.25) is 5.89 Å². The van der Waals surface area contributed by atoms with E-state index >= 15 is 0 Å². The van der Waals surface area contributed by atoms with Gasteiger partial charge in [-0.1, -0.05) is 39.8 Å². The van der Waals surface area contributed by atoms with Crippen LogP contribution in [0.1, 0.15) is 16.7 Å². The molecule has 118 valence electrons. The van der Waals surface area contributed by atoms with Crippen molar-refractivity contribution in [1.82, 2.24) is 10.2 Å². The van der Waals surface area contributed by atoms with Gasteiger partial charge in [-0.05, 0) is 54.8 Å². The van der Waals surface area contributed by atoms with Crippen LogP contribution >= 0.6 is 27.7 Å². The van der Waals surface area contributed by atoms with Crippen molar-refractivity contribution in [1.29, 1.82) is 0 Å². The maximum atomic E-state index is 13.8. The molecule has 0 unspecified atom stereocenters. The number of hydrogen-bond donors (Lipinski definition) is 0. The van der Waals surface area contributed by atoms with E-state index in [9.17, 15) is 4.39 Å². The first-order chi connectivity index (χ1) is 11.0. The maximum Gasteiger partial charge on any atom is 0.277 e. The largest absolute Gasteiger partial charge is 0.411 e. The normalized spacial score (nSPS) is 11.0. The highest BCUT2D eigenvalue weighted by atomic mass is 79.9. The molecule has 0 atom stereocenters. The minimum Gasteiger partial charge on any atom is -0.411 e. The molecule has 0 saturated carbocycles. The third-order valence-corrected chi connectivity index (χ3v) is 4.89. The number of aromatic nitrogens is 2. The van der Waals surface area contributed by atoms with Crippen molar-refractivity contribution in [3.8, 4) is 11.5 Å². The van der Waals surface area contributed by atoms with Crippen LogP contribution in [-0.2, 0) is 5.75 Å². The molecular weight excluding hydrogens is 379 g/mol. The molecule has 23 heavy (non-hydrogen) atoms. The number of rotatable bonds is 4. The third-order valence-electron chi connectivity index (χ3n) is 3.53. The highest BCUT2D eigenvalue weighted by Gasteiger charge is 2.11. The van der Waals surface area contributed by atoms with Crippen molar-refractivity contribution in [3.05, 3.63) is 63.4 Å². The van der Waals surface area contributed by atoms with Crippen molar-refractivity contribution < 1.29 is 8.81 Å². The smallest absolute Gasteiger partial charge is 0.277 e. The first kappa shape index (κ1) is 16.2. The van der Waals surface area contributed by atoms with Crippen LogP contribution < -0.4 is 0 Å². The molecule has 1 aromatic heterocycles. The Kier molecular flexibility index (Phi) is 4.82. The summed E-state index contributed by atoms with van der Waals surface area (Å²) >= 11 is 4.57. The molecular formula is C17H14BrFN2OS. The number of nitrogens with zero attached hydrogens (tertiary/aromatic N) is 2. The van der Waals surface area contributed by atoms with Crippen molar-refractivity contribution in [2.75, 3.05) is 0 Å². The van der Waals surface area contributed by atoms with Crippen LogP contribution in [0.15, 0.2) is 50.5 Å². The summed E-state index contributed by atoms with van der Waals surface area (Å²) in [5.74, 6) is 0.667. The number of thioether (sulfide) groups is 1. The Labute approximate surface area is 146 Å². The van der Waals surface area contributed by atoms with Crippen LogP contribution in [0, 0.1) is 19.7 Å². The van der Waals surface area contributed by atoms with E-state index in [4.69, 9.17) is 4.42 Å². The summed E-state index contributed by atoms with van der Waals surface area (Å²) in [6, 6.07) is 11.0. The molecule has 2 aromatic carbocycles. The van der Waals surface area contributed by atoms with Gasteiger partial charge in [-0.15, -0.1) is 10.2 Å². The molecule has 0 aliphatic rings. The summed E-state index contributed by atoms with van der Waals surface area (Å²) in [6.07, 6.45) is 0. The summed E-state index contributed by atoms with van der Waals surface area (Å²) < 4.78 is 20.2. The van der Waals surface area contributed by atoms with E-state index in [1.165, 1.54) is 29.0 Å². The lowest BCUT2D eigenvalue weighted by atomic mass is 10.1. The van der Waals surface area contributed by atoms with E-state index in [0.29, 0.717) is 22.4 Å². The Hall–Kier alpha value is -1.66. The molecule has 6 heteroatoms. The van der Waals surface area contributed by atoms with Crippen molar-refractivity contribution in [3.63, 3.8) is 0 Å². The second-order valence-corrected chi connectivity index (χ2v) is 7.04. The molecule has 0 bridgehead atoms. The molecule has 0 spiro atoms. The van der Waals surface area contributed by atoms with Gasteiger partial charge in [0.15, 0.2) is 0 Å². The SMILES string of the molecule is Cc1ccc(-c2nnc(SCc3ccc(Br)cc3F)o2)cc1C. The lowest BCUT2D eigenvalue weighted by Gasteiger charge is -2.02. The van der Waals surface area contributed by atoms with E-state index in [1.54, 1.807) is 6.07 Å². The van der Waals surface area contributed by atoms with Crippen molar-refractivity contribution in [2.24, 2.45) is 0 Å². The van der Waals surface area contributed by atoms with Crippen molar-refractivity contribution in [2.45, 2.75) is 24.8 Å². The fourth-order valence-electron chi connectivity index (χ4n) is 2.04. The van der Waals surface area contributed by atoms with Crippen LogP contribution in [0.5, 0.6) is 0 Å². The van der Waals surface area contributed by atoms with Crippen molar-refractivity contribution >= 4 is 27.7 Å². The summed E-state index contributed by atoms with van der Waals surface area (Å²) in [4.78, 5) is 0. The molecule has 3 aromatic rings. The second-order valence-electron chi connectivity index (χ2n) is 5.20. The molecule has 3 nitrogen and oxygen atoms in total. The predicted octanol–water partition coefficient (Wildman–Crippen LogP) is 5.55. The third kappa shape index (κ3) is 3.82. The average Bonchev–Trinajstić information content (AvgIpc) is 2.98. The van der Waals surface area contributed by atoms with Gasteiger partial charge in [0.05, 0.1) is 0 Å². The number of benzene rings is 2. The van der Waals surface area contributed by atoms with E-state index in [-0.39, 0.29) is 5.82 Å². The molecule has 0 aliphatic carbocycles. The van der Waals surface area contributed by atoms with E-state index < -0.39 is 0 Å². The van der Waals surface area contributed by atoms with Gasteiger partial charge in [-0.25, -0.2) is 4.39 Å². The van der Waals surface area contributed by atoms with E-state index in [2.05, 4.69) is 33.1 Å². The Morgan fingerprint density at radius 2 is 1.91 bits per heavy atom. The summed E-state index contributed by atoms with van der Waals surface area (Å²) in [5, 5.41) is 8.52. The maximum absolute atomic E-state index is 13.8. The zero-order valence-corrected chi connectivity index (χ0v) is 15.0. The van der Waals surface area contributed by atoms with Crippen LogP contribution in [0.3, 0.4) is 0 Å². The Morgan fingerprint density at radius 3 is 2.65 bits per heavy atom. The fourth-order valence-corrected chi connectivity index (χ4v) is 3.12. The number of hydrogen-bond acceptors (Lipinski definition) is 4. The zero-order chi connectivity index (χ0) is 16.4. The fraction of sp³-hybridized carbons (Fsp3) is 0.176. The first-order valence-corrected chi connectivity index (χ1v) is 8.78. The lowest BCUT2D eigenvalue weighted by Crippen LogP contribution is -1.87. The standard InChI is InChI=1S/C17H14BrFN2OS/c1-10-3-4-12(7-11(10)2)16-20-21-17(22-16)23-9-13-5-6-14(18)8-15(13)19/h3-8H,9H2,1-2H3. The van der Waals surface area contributed by atoms with E-state index in [0.717, 1.165) is 10.0 Å². The molecule has 0 radical (unpaired) electrons. The minimum atomic E-state index is -0.249. The Balaban J connectivity index is 1.73. The van der Waals surface area contributed by atoms with Gasteiger partial charge >= 0.3 is 0 Å². The molecule has 1 heterocycles. The van der Waals surface area contributed by atoms with Gasteiger partial charge in [0.1, 0.15) is 5.82 Å². The van der Waals surface area contributed by atoms with Crippen LogP contribution in [-0.4, -0.2) is 10.2 Å². The highest BCUT2D eigenvalue weighted by Crippen LogP contribution is 2.28. The molecule has 0 N–H and O–H groups in total. The Morgan fingerprint density at radius 1 is 1.09 bits per heavy atom. The molecule has 0 aliphatic heterocycles. The minimum absolute atomic E-state index is 0.249. The Bertz CT molecular complexity index is 850. The summed E-state index contributed by atoms with van der Waals surface area (Å²) in [5.41, 5.74) is 3.88. The zero-order valence-electron chi connectivity index (χ0n) is 12.6. The van der Waals surface area contributed by atoms with Gasteiger partial charge in [-0.3, -0.25) is 0 Å². The first-order valence-electron chi connectivity index (χ1n) is 7.01. The molecule has 0 amide bonds. The average molecular weight is 393 g/mol. The van der Waals surface area contributed by atoms with Crippen LogP contribution in [0.4, 0.5) is 4.39 Å². The monoisotopic (exact) mass is 392 g/mol. The summed E-state index contributed by atoms with van der Waals surface area (Å²) in [6.45, 7) is 4.10. The molecule has 0 fully saturated rings. The van der Waals surface area contributed by atoms with Crippen LogP contribution in [0.2, 0.25) is 0 Å². The van der Waals surface area contributed by atoms with Gasteiger partial charge in [0.25, 0.3) is 5.22 Å². The number of halogens is 2. The number of aryl methyl sites for hydroxylation is 2. The summed E-state index contributed by atoms with van der Waals surface area (Å²) in [7, 11) is 0. The van der Waals surface area contributed by atoms with E-state index in [1.807, 2.05) is 31.2 Å². The van der Waals surface area contributed by atoms with Crippen LogP contribution in [0.25, 0.3) is 11.5 Å². The second kappa shape index (κ2) is 6.84. The van der Waals surface area contributed by atoms with Gasteiger partial charge in [0, 0.05) is 15.8 Å². The topological polar surface area (TPSA) is 38.9 Å². The predicted molar refractivity (Wildman–Crippen MR) is 92.9 cm³/mol. The quantitative estimate of drug-likeness (QED) is 0.545.